The molecule has 3 aliphatic rings. The molecule has 0 bridgehead atoms. The summed E-state index contributed by atoms with van der Waals surface area (Å²) in [6, 6.07) is 0. The molecular weight excluding hydrogens is 268 g/mol. The maximum atomic E-state index is 11.5. The van der Waals surface area contributed by atoms with E-state index in [-0.39, 0.29) is 29.4 Å². The summed E-state index contributed by atoms with van der Waals surface area (Å²) in [5, 5.41) is 0. The van der Waals surface area contributed by atoms with Crippen molar-refractivity contribution in [3.8, 4) is 0 Å². The van der Waals surface area contributed by atoms with Gasteiger partial charge in [0.05, 0.1) is 17.3 Å². The van der Waals surface area contributed by atoms with Crippen LogP contribution in [0.15, 0.2) is 0 Å². The minimum atomic E-state index is -0.202. The summed E-state index contributed by atoms with van der Waals surface area (Å²) < 4.78 is 17.6. The molecule has 2 saturated heterocycles. The van der Waals surface area contributed by atoms with Gasteiger partial charge in [-0.1, -0.05) is 13.8 Å². The molecule has 2 aliphatic heterocycles. The summed E-state index contributed by atoms with van der Waals surface area (Å²) in [6.45, 7) is 10.3. The lowest BCUT2D eigenvalue weighted by Gasteiger charge is -2.30. The van der Waals surface area contributed by atoms with E-state index in [1.54, 1.807) is 0 Å². The lowest BCUT2D eigenvalue weighted by molar-refractivity contribution is -0.151. The predicted octanol–water partition coefficient (Wildman–Crippen LogP) is 3.08. The Morgan fingerprint density at radius 1 is 1.14 bits per heavy atom. The van der Waals surface area contributed by atoms with Crippen LogP contribution in [0.4, 0.5) is 0 Å². The Balaban J connectivity index is 1.82. The molecule has 0 aromatic carbocycles. The highest BCUT2D eigenvalue weighted by Crippen LogP contribution is 2.53. The van der Waals surface area contributed by atoms with E-state index >= 15 is 0 Å². The zero-order chi connectivity index (χ0) is 15.4. The first-order valence-electron chi connectivity index (χ1n) is 8.28. The van der Waals surface area contributed by atoms with Gasteiger partial charge in [0.2, 0.25) is 0 Å². The van der Waals surface area contributed by atoms with Gasteiger partial charge in [0.15, 0.2) is 0 Å². The van der Waals surface area contributed by atoms with Crippen molar-refractivity contribution in [3.63, 3.8) is 0 Å². The quantitative estimate of drug-likeness (QED) is 0.580. The topological polar surface area (TPSA) is 51.4 Å². The fourth-order valence-electron chi connectivity index (χ4n) is 4.06. The van der Waals surface area contributed by atoms with E-state index in [9.17, 15) is 4.79 Å². The number of esters is 1. The molecule has 4 nitrogen and oxygen atoms in total. The molecule has 0 spiro atoms. The van der Waals surface area contributed by atoms with Crippen LogP contribution in [0.2, 0.25) is 0 Å². The van der Waals surface area contributed by atoms with Crippen LogP contribution in [-0.2, 0) is 19.0 Å². The van der Waals surface area contributed by atoms with Gasteiger partial charge in [0.25, 0.3) is 0 Å². The molecule has 0 aromatic heterocycles. The first-order chi connectivity index (χ1) is 9.75. The normalized spacial score (nSPS) is 49.0. The van der Waals surface area contributed by atoms with Crippen molar-refractivity contribution in [2.24, 2.45) is 11.8 Å². The number of fused-ring (bicyclic) bond motifs is 2. The van der Waals surface area contributed by atoms with E-state index in [0.717, 1.165) is 25.7 Å². The molecule has 0 radical (unpaired) electrons. The van der Waals surface area contributed by atoms with Gasteiger partial charge in [0, 0.05) is 12.8 Å². The van der Waals surface area contributed by atoms with E-state index in [1.807, 2.05) is 0 Å². The Morgan fingerprint density at radius 2 is 1.81 bits per heavy atom. The number of rotatable bonds is 2. The molecule has 1 aliphatic carbocycles. The van der Waals surface area contributed by atoms with Crippen LogP contribution in [0, 0.1) is 11.8 Å². The van der Waals surface area contributed by atoms with Crippen LogP contribution >= 0.6 is 0 Å². The number of epoxide rings is 2. The maximum Gasteiger partial charge on any atom is 0.303 e. The van der Waals surface area contributed by atoms with E-state index in [0.29, 0.717) is 17.9 Å². The predicted molar refractivity (Wildman–Crippen MR) is 78.9 cm³/mol. The van der Waals surface area contributed by atoms with Crippen molar-refractivity contribution in [1.82, 2.24) is 0 Å². The van der Waals surface area contributed by atoms with E-state index in [1.165, 1.54) is 6.92 Å². The first kappa shape index (κ1) is 15.3. The number of ether oxygens (including phenoxy) is 3. The van der Waals surface area contributed by atoms with Crippen LogP contribution in [0.25, 0.3) is 0 Å². The van der Waals surface area contributed by atoms with Gasteiger partial charge in [-0.3, -0.25) is 4.79 Å². The Hall–Kier alpha value is -0.610. The maximum absolute atomic E-state index is 11.5. The molecule has 0 N–H and O–H groups in total. The summed E-state index contributed by atoms with van der Waals surface area (Å²) in [4.78, 5) is 11.5. The number of hydrogen-bond acceptors (Lipinski definition) is 4. The number of carbonyl (C=O) groups excluding carboxylic acids is 1. The van der Waals surface area contributed by atoms with Crippen LogP contribution in [0.1, 0.15) is 60.3 Å². The van der Waals surface area contributed by atoms with Crippen LogP contribution in [0.5, 0.6) is 0 Å². The molecule has 1 unspecified atom stereocenters. The summed E-state index contributed by atoms with van der Waals surface area (Å²) >= 11 is 0. The fraction of sp³-hybridized carbons (Fsp3) is 0.941. The average Bonchev–Trinajstić information content (AvgIpc) is 3.21. The second-order valence-electron chi connectivity index (χ2n) is 7.83. The summed E-state index contributed by atoms with van der Waals surface area (Å²) in [6.07, 6.45) is 4.42. The standard InChI is InChI=1S/C17H28O4/c1-10(2)12-6-8-16(4)13(20-16)7-9-17(5)15(21-17)14(12)19-11(3)18/h10,12-15H,6-9H2,1-5H3/t12?,13-,14+,15-,16-,17-/m0/s1. The van der Waals surface area contributed by atoms with Crippen molar-refractivity contribution < 1.29 is 19.0 Å². The number of carbonyl (C=O) groups is 1. The summed E-state index contributed by atoms with van der Waals surface area (Å²) in [5.74, 6) is 0.593. The minimum Gasteiger partial charge on any atom is -0.459 e. The molecule has 3 rings (SSSR count). The van der Waals surface area contributed by atoms with Crippen molar-refractivity contribution in [2.75, 3.05) is 0 Å². The Labute approximate surface area is 127 Å². The van der Waals surface area contributed by atoms with Gasteiger partial charge in [0.1, 0.15) is 12.2 Å². The summed E-state index contributed by atoms with van der Waals surface area (Å²) in [5.41, 5.74) is -0.108. The molecule has 6 atom stereocenters. The molecule has 3 fully saturated rings. The van der Waals surface area contributed by atoms with Gasteiger partial charge >= 0.3 is 5.97 Å². The first-order valence-corrected chi connectivity index (χ1v) is 8.28. The molecule has 21 heavy (non-hydrogen) atoms. The van der Waals surface area contributed by atoms with Crippen molar-refractivity contribution in [3.05, 3.63) is 0 Å². The number of hydrogen-bond donors (Lipinski definition) is 0. The Morgan fingerprint density at radius 3 is 2.43 bits per heavy atom. The minimum absolute atomic E-state index is 0.0337. The smallest absolute Gasteiger partial charge is 0.303 e. The molecule has 0 aromatic rings. The van der Waals surface area contributed by atoms with Crippen LogP contribution in [-0.4, -0.2) is 35.5 Å². The largest absolute Gasteiger partial charge is 0.459 e. The summed E-state index contributed by atoms with van der Waals surface area (Å²) in [7, 11) is 0. The lowest BCUT2D eigenvalue weighted by atomic mass is 9.78. The molecule has 120 valence electrons. The zero-order valence-electron chi connectivity index (χ0n) is 13.8. The SMILES string of the molecule is CC(=O)O[C@@H]1C(C(C)C)CC[C@]2(C)O[C@H]2CC[C@]2(C)O[C@@H]12. The molecular formula is C17H28O4. The van der Waals surface area contributed by atoms with Gasteiger partial charge < -0.3 is 14.2 Å². The fourth-order valence-corrected chi connectivity index (χ4v) is 4.06. The van der Waals surface area contributed by atoms with Crippen LogP contribution < -0.4 is 0 Å². The third-order valence-electron chi connectivity index (χ3n) is 5.73. The highest BCUT2D eigenvalue weighted by molar-refractivity contribution is 5.66. The lowest BCUT2D eigenvalue weighted by Crippen LogP contribution is -2.38. The molecule has 2 heterocycles. The second kappa shape index (κ2) is 4.95. The Bertz CT molecular complexity index is 435. The monoisotopic (exact) mass is 296 g/mol. The zero-order valence-corrected chi connectivity index (χ0v) is 13.8. The average molecular weight is 296 g/mol. The van der Waals surface area contributed by atoms with Crippen molar-refractivity contribution in [1.29, 1.82) is 0 Å². The third-order valence-corrected chi connectivity index (χ3v) is 5.73. The highest BCUT2D eigenvalue weighted by atomic mass is 16.6. The molecule has 0 amide bonds. The molecule has 4 heteroatoms. The van der Waals surface area contributed by atoms with Crippen LogP contribution in [0.3, 0.4) is 0 Å². The second-order valence-corrected chi connectivity index (χ2v) is 7.83. The van der Waals surface area contributed by atoms with Crippen molar-refractivity contribution in [2.45, 2.75) is 89.8 Å². The van der Waals surface area contributed by atoms with E-state index in [4.69, 9.17) is 14.2 Å². The van der Waals surface area contributed by atoms with Gasteiger partial charge in [-0.2, -0.15) is 0 Å². The van der Waals surface area contributed by atoms with E-state index < -0.39 is 0 Å². The van der Waals surface area contributed by atoms with E-state index in [2.05, 4.69) is 27.7 Å². The molecule has 1 saturated carbocycles. The Kier molecular flexibility index (Phi) is 3.61. The van der Waals surface area contributed by atoms with Gasteiger partial charge in [-0.05, 0) is 45.4 Å². The highest BCUT2D eigenvalue weighted by Gasteiger charge is 2.62. The van der Waals surface area contributed by atoms with Gasteiger partial charge in [-0.25, -0.2) is 0 Å². The third kappa shape index (κ3) is 2.85. The van der Waals surface area contributed by atoms with Gasteiger partial charge in [-0.15, -0.1) is 0 Å². The van der Waals surface area contributed by atoms with Crippen molar-refractivity contribution >= 4 is 5.97 Å².